The van der Waals surface area contributed by atoms with Crippen LogP contribution in [-0.2, 0) is 13.0 Å². The summed E-state index contributed by atoms with van der Waals surface area (Å²) in [5.74, 6) is 3.62. The number of nitrogens with one attached hydrogen (secondary N) is 1. The number of hydrogen-bond acceptors (Lipinski definition) is 11. The van der Waals surface area contributed by atoms with Crippen molar-refractivity contribution in [1.29, 1.82) is 5.26 Å². The van der Waals surface area contributed by atoms with E-state index in [1.807, 2.05) is 6.92 Å². The Morgan fingerprint density at radius 3 is 2.49 bits per heavy atom. The Bertz CT molecular complexity index is 2380. The van der Waals surface area contributed by atoms with Crippen LogP contribution < -0.4 is 15.0 Å². The molecule has 0 atom stereocenters. The number of piperidine rings is 1. The van der Waals surface area contributed by atoms with Gasteiger partial charge in [-0.05, 0) is 119 Å². The summed E-state index contributed by atoms with van der Waals surface area (Å²) in [7, 11) is 0. The minimum absolute atomic E-state index is 0.0443. The molecule has 0 radical (unpaired) electrons. The van der Waals surface area contributed by atoms with E-state index in [-0.39, 0.29) is 18.1 Å². The standard InChI is InChI=1S/C43H45ClN10O2S/c1-25-26(2)57-41-38(25)39(47-24-37-52-51-27(3)54(37)41)36-11-4-28(21-46-36)16-29-18-43(19-29)12-14-53(15-13-43)42-48-22-31(23-49-42)40(55)50-32-6-9-33(10-7-32)56-34-8-5-30(20-45)35(44)17-34/h4-5,8,11,17,21-23,29,32-33H,6-7,9-10,12-16,18-19,24H2,1-3H3,(H,50,55)/t32-,33-. The van der Waals surface area contributed by atoms with Crippen molar-refractivity contribution in [2.75, 3.05) is 18.0 Å². The molecule has 2 aliphatic carbocycles. The van der Waals surface area contributed by atoms with Gasteiger partial charge in [0.25, 0.3) is 5.91 Å². The fourth-order valence-corrected chi connectivity index (χ4v) is 10.7. The van der Waals surface area contributed by atoms with Gasteiger partial charge in [0.1, 0.15) is 29.2 Å². The number of benzene rings is 1. The fourth-order valence-electron chi connectivity index (χ4n) is 9.22. The highest BCUT2D eigenvalue weighted by atomic mass is 35.5. The predicted molar refractivity (Wildman–Crippen MR) is 220 cm³/mol. The Labute approximate surface area is 341 Å². The van der Waals surface area contributed by atoms with Gasteiger partial charge in [-0.2, -0.15) is 5.26 Å². The molecule has 292 valence electrons. The number of hydrogen-bond donors (Lipinski definition) is 1. The van der Waals surface area contributed by atoms with Crippen molar-refractivity contribution in [3.8, 4) is 16.8 Å². The molecule has 2 saturated carbocycles. The maximum absolute atomic E-state index is 13.1. The topological polar surface area (TPSA) is 147 Å². The van der Waals surface area contributed by atoms with E-state index >= 15 is 0 Å². The molecule has 9 rings (SSSR count). The molecule has 1 N–H and O–H groups in total. The molecule has 1 spiro atoms. The minimum Gasteiger partial charge on any atom is -0.490 e. The van der Waals surface area contributed by atoms with Crippen LogP contribution in [0.5, 0.6) is 5.75 Å². The number of carbonyl (C=O) groups excluding carboxylic acids is 1. The highest BCUT2D eigenvalue weighted by molar-refractivity contribution is 7.15. The molecule has 4 aromatic heterocycles. The summed E-state index contributed by atoms with van der Waals surface area (Å²) in [6.07, 6.45) is 14.5. The smallest absolute Gasteiger partial charge is 0.254 e. The number of aryl methyl sites for hydroxylation is 2. The maximum Gasteiger partial charge on any atom is 0.254 e. The number of carbonyl (C=O) groups is 1. The molecular formula is C43H45ClN10O2S. The number of thiophene rings is 1. The van der Waals surface area contributed by atoms with E-state index in [1.165, 1.54) is 28.8 Å². The summed E-state index contributed by atoms with van der Waals surface area (Å²) in [5, 5.41) is 22.5. The first-order chi connectivity index (χ1) is 27.6. The van der Waals surface area contributed by atoms with Crippen molar-refractivity contribution in [2.24, 2.45) is 16.3 Å². The highest BCUT2D eigenvalue weighted by Gasteiger charge is 2.46. The van der Waals surface area contributed by atoms with E-state index < -0.39 is 0 Å². The van der Waals surface area contributed by atoms with E-state index in [2.05, 4.69) is 73.2 Å². The number of nitrogens with zero attached hydrogens (tertiary/aromatic N) is 9. The zero-order chi connectivity index (χ0) is 39.3. The van der Waals surface area contributed by atoms with Crippen LogP contribution in [0.1, 0.15) is 106 Å². The van der Waals surface area contributed by atoms with Crippen LogP contribution in [-0.4, -0.2) is 66.6 Å². The molecule has 0 bridgehead atoms. The van der Waals surface area contributed by atoms with Gasteiger partial charge in [-0.15, -0.1) is 21.5 Å². The minimum atomic E-state index is -0.145. The number of ether oxygens (including phenoxy) is 1. The van der Waals surface area contributed by atoms with E-state index in [0.29, 0.717) is 45.7 Å². The van der Waals surface area contributed by atoms with Gasteiger partial charge in [0.05, 0.1) is 33.7 Å². The molecule has 1 saturated heterocycles. The summed E-state index contributed by atoms with van der Waals surface area (Å²) in [5.41, 5.74) is 6.81. The van der Waals surface area contributed by atoms with Gasteiger partial charge in [0.2, 0.25) is 5.95 Å². The molecule has 1 amide bonds. The second-order valence-corrected chi connectivity index (χ2v) is 17.8. The zero-order valence-corrected chi connectivity index (χ0v) is 34.0. The highest BCUT2D eigenvalue weighted by Crippen LogP contribution is 2.53. The number of aliphatic imine (C=N–C) groups is 1. The number of aromatic nitrogens is 6. The van der Waals surface area contributed by atoms with Crippen LogP contribution >= 0.6 is 22.9 Å². The monoisotopic (exact) mass is 800 g/mol. The molecule has 57 heavy (non-hydrogen) atoms. The SMILES string of the molecule is Cc1sc2c(c1C)C(c1ccc(CC3CC4(CCN(c5ncc(C(=O)N[C@H]6CC[C@H](Oc7ccc(C#N)c(Cl)c7)CC6)cn5)CC4)C3)cn1)=NCc1nnc(C)n1-2. The zero-order valence-electron chi connectivity index (χ0n) is 32.5. The molecule has 6 heterocycles. The van der Waals surface area contributed by atoms with Gasteiger partial charge in [0, 0.05) is 54.2 Å². The molecule has 14 heteroatoms. The van der Waals surface area contributed by atoms with Gasteiger partial charge in [-0.3, -0.25) is 19.3 Å². The van der Waals surface area contributed by atoms with Crippen LogP contribution in [0.4, 0.5) is 5.95 Å². The van der Waals surface area contributed by atoms with E-state index in [9.17, 15) is 4.79 Å². The average molecular weight is 801 g/mol. The third-order valence-corrected chi connectivity index (χ3v) is 14.0. The van der Waals surface area contributed by atoms with Crippen LogP contribution in [0.25, 0.3) is 5.00 Å². The lowest BCUT2D eigenvalue weighted by molar-refractivity contribution is 0.0280. The van der Waals surface area contributed by atoms with Crippen molar-refractivity contribution in [3.05, 3.63) is 104 Å². The first-order valence-corrected chi connectivity index (χ1v) is 21.1. The summed E-state index contributed by atoms with van der Waals surface area (Å²) < 4.78 is 8.25. The molecule has 5 aromatic rings. The summed E-state index contributed by atoms with van der Waals surface area (Å²) in [6, 6.07) is 11.7. The summed E-state index contributed by atoms with van der Waals surface area (Å²) >= 11 is 7.93. The predicted octanol–water partition coefficient (Wildman–Crippen LogP) is 7.67. The Balaban J connectivity index is 0.730. The number of anilines is 1. The Morgan fingerprint density at radius 1 is 1.02 bits per heavy atom. The lowest BCUT2D eigenvalue weighted by Gasteiger charge is -2.52. The first-order valence-electron chi connectivity index (χ1n) is 19.9. The van der Waals surface area contributed by atoms with Crippen molar-refractivity contribution in [2.45, 2.75) is 97.2 Å². The van der Waals surface area contributed by atoms with E-state index in [0.717, 1.165) is 91.7 Å². The second kappa shape index (κ2) is 15.3. The Kier molecular flexibility index (Phi) is 10.0. The third-order valence-electron chi connectivity index (χ3n) is 12.5. The molecule has 3 fully saturated rings. The maximum atomic E-state index is 13.1. The fraction of sp³-hybridized carbons (Fsp3) is 0.442. The van der Waals surface area contributed by atoms with E-state index in [1.54, 1.807) is 41.9 Å². The first kappa shape index (κ1) is 37.4. The van der Waals surface area contributed by atoms with Gasteiger partial charge in [-0.25, -0.2) is 9.97 Å². The molecule has 1 aromatic carbocycles. The average Bonchev–Trinajstić information content (AvgIpc) is 3.66. The van der Waals surface area contributed by atoms with Crippen LogP contribution in [0, 0.1) is 43.4 Å². The van der Waals surface area contributed by atoms with Gasteiger partial charge < -0.3 is 15.0 Å². The number of fused-ring (bicyclic) bond motifs is 3. The van der Waals surface area contributed by atoms with Crippen molar-refractivity contribution in [3.63, 3.8) is 0 Å². The Hall–Kier alpha value is -5.19. The van der Waals surface area contributed by atoms with Gasteiger partial charge in [0.15, 0.2) is 5.82 Å². The largest absolute Gasteiger partial charge is 0.490 e. The number of amides is 1. The summed E-state index contributed by atoms with van der Waals surface area (Å²) in [6.45, 7) is 8.66. The van der Waals surface area contributed by atoms with Crippen molar-refractivity contribution < 1.29 is 9.53 Å². The number of pyridine rings is 1. The third kappa shape index (κ3) is 7.41. The van der Waals surface area contributed by atoms with Gasteiger partial charge in [-0.1, -0.05) is 17.7 Å². The molecular weight excluding hydrogens is 756 g/mol. The lowest BCUT2D eigenvalue weighted by Crippen LogP contribution is -2.48. The number of rotatable bonds is 8. The Morgan fingerprint density at radius 2 is 1.79 bits per heavy atom. The number of halogens is 1. The normalized spacial score (nSPS) is 20.1. The summed E-state index contributed by atoms with van der Waals surface area (Å²) in [4.78, 5) is 35.8. The van der Waals surface area contributed by atoms with Crippen LogP contribution in [0.15, 0.2) is 53.9 Å². The number of nitriles is 1. The van der Waals surface area contributed by atoms with Gasteiger partial charge >= 0.3 is 0 Å². The van der Waals surface area contributed by atoms with Crippen LogP contribution in [0.2, 0.25) is 5.02 Å². The van der Waals surface area contributed by atoms with E-state index in [4.69, 9.17) is 31.6 Å². The van der Waals surface area contributed by atoms with Crippen LogP contribution in [0.3, 0.4) is 0 Å². The second-order valence-electron chi connectivity index (χ2n) is 16.2. The lowest BCUT2D eigenvalue weighted by atomic mass is 9.56. The van der Waals surface area contributed by atoms with Crippen molar-refractivity contribution >= 4 is 40.5 Å². The molecule has 0 unspecified atom stereocenters. The molecule has 4 aliphatic rings. The molecule has 12 nitrogen and oxygen atoms in total. The van der Waals surface area contributed by atoms with Crippen molar-refractivity contribution in [1.82, 2.24) is 35.0 Å². The quantitative estimate of drug-likeness (QED) is 0.167. The molecule has 2 aliphatic heterocycles.